The van der Waals surface area contributed by atoms with Crippen LogP contribution in [0.5, 0.6) is 11.5 Å². The molecule has 3 rings (SSSR count). The Balaban J connectivity index is 1.39. The summed E-state index contributed by atoms with van der Waals surface area (Å²) in [5.74, 6) is -0.532. The van der Waals surface area contributed by atoms with Crippen molar-refractivity contribution in [2.24, 2.45) is 11.8 Å². The summed E-state index contributed by atoms with van der Waals surface area (Å²) >= 11 is 11.3. The van der Waals surface area contributed by atoms with Gasteiger partial charge in [0.1, 0.15) is 35.8 Å². The first-order valence-electron chi connectivity index (χ1n) is 11.5. The van der Waals surface area contributed by atoms with Crippen molar-refractivity contribution in [2.45, 2.75) is 44.9 Å². The van der Waals surface area contributed by atoms with Gasteiger partial charge in [-0.25, -0.2) is 8.78 Å². The van der Waals surface area contributed by atoms with Crippen LogP contribution in [0, 0.1) is 23.5 Å². The standard InChI is InChI=1S/C25H30Cl2F2N2O4/c1-14-7-16(30-11-17(32)12-34-18-3-5-20(26)22(28)9-18)8-15(2)25(14)31-24(33)13-35-19-4-6-21(27)23(29)10-19/h3-6,9-10,14-17,25,30,32H,7-8,11-13H2,1-2H3,(H,31,33). The van der Waals surface area contributed by atoms with Crippen LogP contribution < -0.4 is 20.1 Å². The molecule has 1 saturated carbocycles. The first-order valence-corrected chi connectivity index (χ1v) is 12.2. The van der Waals surface area contributed by atoms with E-state index in [0.29, 0.717) is 12.3 Å². The second-order valence-corrected chi connectivity index (χ2v) is 9.84. The van der Waals surface area contributed by atoms with Crippen molar-refractivity contribution < 1.29 is 28.2 Å². The summed E-state index contributed by atoms with van der Waals surface area (Å²) < 4.78 is 37.8. The number of hydrogen-bond acceptors (Lipinski definition) is 5. The van der Waals surface area contributed by atoms with Gasteiger partial charge in [0.25, 0.3) is 5.91 Å². The van der Waals surface area contributed by atoms with Gasteiger partial charge < -0.3 is 25.2 Å². The number of halogens is 4. The van der Waals surface area contributed by atoms with E-state index in [2.05, 4.69) is 24.5 Å². The molecule has 3 atom stereocenters. The summed E-state index contributed by atoms with van der Waals surface area (Å²) in [5.41, 5.74) is 0. The van der Waals surface area contributed by atoms with Crippen LogP contribution in [0.4, 0.5) is 8.78 Å². The molecule has 10 heteroatoms. The predicted octanol–water partition coefficient (Wildman–Crippen LogP) is 4.60. The van der Waals surface area contributed by atoms with E-state index < -0.39 is 17.7 Å². The number of nitrogens with one attached hydrogen (secondary N) is 2. The average molecular weight is 531 g/mol. The van der Waals surface area contributed by atoms with Gasteiger partial charge in [-0.3, -0.25) is 4.79 Å². The Morgan fingerprint density at radius 3 is 2.11 bits per heavy atom. The molecule has 1 aliphatic carbocycles. The summed E-state index contributed by atoms with van der Waals surface area (Å²) in [7, 11) is 0. The normalized spacial score (nSPS) is 22.9. The van der Waals surface area contributed by atoms with Gasteiger partial charge >= 0.3 is 0 Å². The molecule has 2 aromatic rings. The number of benzene rings is 2. The predicted molar refractivity (Wildman–Crippen MR) is 131 cm³/mol. The van der Waals surface area contributed by atoms with E-state index in [1.54, 1.807) is 6.07 Å². The summed E-state index contributed by atoms with van der Waals surface area (Å²) in [5, 5.41) is 16.6. The Morgan fingerprint density at radius 2 is 1.57 bits per heavy atom. The van der Waals surface area contributed by atoms with Gasteiger partial charge in [-0.1, -0.05) is 37.0 Å². The lowest BCUT2D eigenvalue weighted by atomic mass is 9.76. The highest BCUT2D eigenvalue weighted by molar-refractivity contribution is 6.31. The second kappa shape index (κ2) is 12.7. The molecule has 6 nitrogen and oxygen atoms in total. The summed E-state index contributed by atoms with van der Waals surface area (Å²) in [4.78, 5) is 12.4. The molecule has 1 fully saturated rings. The average Bonchev–Trinajstić information content (AvgIpc) is 2.81. The zero-order valence-electron chi connectivity index (χ0n) is 19.6. The van der Waals surface area contributed by atoms with Crippen LogP contribution in [-0.4, -0.2) is 49.0 Å². The van der Waals surface area contributed by atoms with Crippen LogP contribution in [0.3, 0.4) is 0 Å². The Labute approximate surface area is 213 Å². The smallest absolute Gasteiger partial charge is 0.258 e. The second-order valence-electron chi connectivity index (χ2n) is 9.03. The van der Waals surface area contributed by atoms with Crippen molar-refractivity contribution >= 4 is 29.1 Å². The summed E-state index contributed by atoms with van der Waals surface area (Å²) in [6.07, 6.45) is 0.856. The third-order valence-electron chi connectivity index (χ3n) is 6.10. The lowest BCUT2D eigenvalue weighted by Gasteiger charge is -2.40. The highest BCUT2D eigenvalue weighted by atomic mass is 35.5. The van der Waals surface area contributed by atoms with Crippen molar-refractivity contribution in [1.82, 2.24) is 10.6 Å². The molecule has 0 aromatic heterocycles. The summed E-state index contributed by atoms with van der Waals surface area (Å²) in [6, 6.07) is 8.30. The monoisotopic (exact) mass is 530 g/mol. The Kier molecular flexibility index (Phi) is 9.98. The third-order valence-corrected chi connectivity index (χ3v) is 6.72. The van der Waals surface area contributed by atoms with Gasteiger partial charge in [0.15, 0.2) is 6.61 Å². The minimum absolute atomic E-state index is 0.00758. The number of aliphatic hydroxyl groups is 1. The molecular weight excluding hydrogens is 501 g/mol. The molecule has 0 aliphatic heterocycles. The van der Waals surface area contributed by atoms with E-state index in [9.17, 15) is 18.7 Å². The highest BCUT2D eigenvalue weighted by Gasteiger charge is 2.34. The maximum Gasteiger partial charge on any atom is 0.258 e. The van der Waals surface area contributed by atoms with Crippen molar-refractivity contribution in [3.63, 3.8) is 0 Å². The van der Waals surface area contributed by atoms with Crippen molar-refractivity contribution in [3.05, 3.63) is 58.1 Å². The Bertz CT molecular complexity index is 1000. The molecule has 2 aromatic carbocycles. The van der Waals surface area contributed by atoms with E-state index in [4.69, 9.17) is 32.7 Å². The zero-order valence-corrected chi connectivity index (χ0v) is 21.1. The van der Waals surface area contributed by atoms with Crippen LogP contribution >= 0.6 is 23.2 Å². The number of rotatable bonds is 10. The van der Waals surface area contributed by atoms with E-state index in [-0.39, 0.29) is 58.8 Å². The fourth-order valence-electron chi connectivity index (χ4n) is 4.36. The lowest BCUT2D eigenvalue weighted by molar-refractivity contribution is -0.124. The molecule has 1 aliphatic rings. The number of ether oxygens (including phenoxy) is 2. The number of aliphatic hydroxyl groups excluding tert-OH is 1. The van der Waals surface area contributed by atoms with Crippen molar-refractivity contribution in [2.75, 3.05) is 19.8 Å². The van der Waals surface area contributed by atoms with Gasteiger partial charge in [0.2, 0.25) is 0 Å². The number of carbonyl (C=O) groups is 1. The first kappa shape index (κ1) is 27.5. The molecule has 0 bridgehead atoms. The third kappa shape index (κ3) is 8.20. The van der Waals surface area contributed by atoms with E-state index in [0.717, 1.165) is 18.9 Å². The fraction of sp³-hybridized carbons (Fsp3) is 0.480. The SMILES string of the molecule is CC1CC(NCC(O)COc2ccc(Cl)c(F)c2)CC(C)C1NC(=O)COc1ccc(Cl)c(F)c1. The molecule has 192 valence electrons. The molecule has 3 unspecified atom stereocenters. The fourth-order valence-corrected chi connectivity index (χ4v) is 4.60. The lowest BCUT2D eigenvalue weighted by Crippen LogP contribution is -2.53. The molecule has 0 spiro atoms. The zero-order chi connectivity index (χ0) is 25.5. The maximum absolute atomic E-state index is 13.5. The van der Waals surface area contributed by atoms with Crippen LogP contribution in [-0.2, 0) is 4.79 Å². The van der Waals surface area contributed by atoms with Gasteiger partial charge in [-0.15, -0.1) is 0 Å². The molecule has 35 heavy (non-hydrogen) atoms. The maximum atomic E-state index is 13.5. The van der Waals surface area contributed by atoms with Gasteiger partial charge in [0, 0.05) is 30.8 Å². The van der Waals surface area contributed by atoms with Crippen LogP contribution in [0.25, 0.3) is 0 Å². The van der Waals surface area contributed by atoms with E-state index >= 15 is 0 Å². The Morgan fingerprint density at radius 1 is 1.03 bits per heavy atom. The molecule has 0 heterocycles. The molecule has 0 radical (unpaired) electrons. The van der Waals surface area contributed by atoms with Crippen molar-refractivity contribution in [3.8, 4) is 11.5 Å². The largest absolute Gasteiger partial charge is 0.491 e. The minimum atomic E-state index is -0.772. The molecule has 0 saturated heterocycles. The van der Waals surface area contributed by atoms with Crippen molar-refractivity contribution in [1.29, 1.82) is 0 Å². The van der Waals surface area contributed by atoms with E-state index in [1.165, 1.54) is 24.3 Å². The van der Waals surface area contributed by atoms with Gasteiger partial charge in [-0.2, -0.15) is 0 Å². The summed E-state index contributed by atoms with van der Waals surface area (Å²) in [6.45, 7) is 4.26. The number of hydrogen-bond donors (Lipinski definition) is 3. The molecule has 1 amide bonds. The van der Waals surface area contributed by atoms with Crippen LogP contribution in [0.2, 0.25) is 10.0 Å². The van der Waals surface area contributed by atoms with Gasteiger partial charge in [0.05, 0.1) is 10.0 Å². The minimum Gasteiger partial charge on any atom is -0.491 e. The number of carbonyl (C=O) groups excluding carboxylic acids is 1. The van der Waals surface area contributed by atoms with E-state index in [1.807, 2.05) is 0 Å². The van der Waals surface area contributed by atoms with Crippen LogP contribution in [0.1, 0.15) is 26.7 Å². The first-order chi connectivity index (χ1) is 16.6. The number of amides is 1. The van der Waals surface area contributed by atoms with Gasteiger partial charge in [-0.05, 0) is 48.9 Å². The molecule has 3 N–H and O–H groups in total. The topological polar surface area (TPSA) is 79.8 Å². The quantitative estimate of drug-likeness (QED) is 0.418. The van der Waals surface area contributed by atoms with Crippen LogP contribution in [0.15, 0.2) is 36.4 Å². The Hall–Kier alpha value is -2.13. The molecular formula is C25H30Cl2F2N2O4. The highest BCUT2D eigenvalue weighted by Crippen LogP contribution is 2.29.